The van der Waals surface area contributed by atoms with Gasteiger partial charge in [-0.15, -0.1) is 0 Å². The number of hydrogen-bond donors (Lipinski definition) is 0. The maximum absolute atomic E-state index is 12.4. The second kappa shape index (κ2) is 5.75. The summed E-state index contributed by atoms with van der Waals surface area (Å²) in [5.41, 5.74) is 0. The summed E-state index contributed by atoms with van der Waals surface area (Å²) < 4.78 is 5.77. The summed E-state index contributed by atoms with van der Waals surface area (Å²) in [6.45, 7) is 6.30. The fourth-order valence-corrected chi connectivity index (χ4v) is 4.40. The molecular weight excluding hydrogens is 232 g/mol. The molecular formula is C14H24O2S. The van der Waals surface area contributed by atoms with E-state index >= 15 is 0 Å². The van der Waals surface area contributed by atoms with E-state index < -0.39 is 0 Å². The number of Topliss-reactive ketones (excluding diaryl/α,β-unsaturated/α-hetero) is 1. The highest BCUT2D eigenvalue weighted by molar-refractivity contribution is 7.99. The summed E-state index contributed by atoms with van der Waals surface area (Å²) >= 11 is 2.02. The Morgan fingerprint density at radius 3 is 2.35 bits per heavy atom. The van der Waals surface area contributed by atoms with Gasteiger partial charge in [0.2, 0.25) is 0 Å². The third-order valence-corrected chi connectivity index (χ3v) is 5.49. The molecule has 0 radical (unpaired) electrons. The van der Waals surface area contributed by atoms with Crippen LogP contribution in [0.3, 0.4) is 0 Å². The van der Waals surface area contributed by atoms with E-state index in [2.05, 4.69) is 20.8 Å². The number of ether oxygens (including phenoxy) is 1. The maximum Gasteiger partial charge on any atom is 0.139 e. The van der Waals surface area contributed by atoms with E-state index in [0.717, 1.165) is 6.42 Å². The molecule has 0 aromatic heterocycles. The zero-order valence-electron chi connectivity index (χ0n) is 11.1. The quantitative estimate of drug-likeness (QED) is 0.776. The number of ketones is 1. The van der Waals surface area contributed by atoms with Crippen molar-refractivity contribution in [2.24, 2.45) is 17.8 Å². The van der Waals surface area contributed by atoms with E-state index in [1.807, 2.05) is 11.8 Å². The molecule has 0 aromatic rings. The van der Waals surface area contributed by atoms with Crippen LogP contribution in [0.15, 0.2) is 0 Å². The average molecular weight is 256 g/mol. The van der Waals surface area contributed by atoms with Gasteiger partial charge in [0, 0.05) is 12.3 Å². The summed E-state index contributed by atoms with van der Waals surface area (Å²) in [6.07, 6.45) is 3.59. The molecule has 0 spiro atoms. The van der Waals surface area contributed by atoms with Gasteiger partial charge in [0.15, 0.2) is 0 Å². The Hall–Kier alpha value is -0.0200. The predicted octanol–water partition coefficient (Wildman–Crippen LogP) is 3.15. The van der Waals surface area contributed by atoms with Crippen LogP contribution in [0.1, 0.15) is 40.0 Å². The van der Waals surface area contributed by atoms with Crippen LogP contribution >= 0.6 is 11.8 Å². The Morgan fingerprint density at radius 2 is 1.82 bits per heavy atom. The van der Waals surface area contributed by atoms with Crippen LogP contribution in [0, 0.1) is 17.8 Å². The van der Waals surface area contributed by atoms with E-state index in [1.165, 1.54) is 24.3 Å². The fourth-order valence-electron chi connectivity index (χ4n) is 3.19. The first kappa shape index (κ1) is 13.4. The van der Waals surface area contributed by atoms with Crippen LogP contribution in [-0.4, -0.2) is 29.5 Å². The van der Waals surface area contributed by atoms with Crippen molar-refractivity contribution >= 4 is 17.5 Å². The first-order valence-electron chi connectivity index (χ1n) is 6.85. The Kier molecular flexibility index (Phi) is 4.53. The summed E-state index contributed by atoms with van der Waals surface area (Å²) in [7, 11) is 0. The van der Waals surface area contributed by atoms with Crippen molar-refractivity contribution < 1.29 is 9.53 Å². The molecule has 17 heavy (non-hydrogen) atoms. The number of hydrogen-bond acceptors (Lipinski definition) is 3. The summed E-state index contributed by atoms with van der Waals surface area (Å²) in [5.74, 6) is 4.08. The van der Waals surface area contributed by atoms with E-state index in [0.29, 0.717) is 17.6 Å². The van der Waals surface area contributed by atoms with E-state index in [1.54, 1.807) is 0 Å². The minimum Gasteiger partial charge on any atom is -0.375 e. The third kappa shape index (κ3) is 3.05. The van der Waals surface area contributed by atoms with E-state index in [4.69, 9.17) is 4.74 Å². The topological polar surface area (TPSA) is 26.3 Å². The molecule has 2 aliphatic heterocycles. The molecule has 2 nitrogen and oxygen atoms in total. The standard InChI is InChI=1S/C14H24O2S/c1-9-10(2)16-11(3)14(9)13(15)8-12-4-6-17-7-5-12/h9-12,14H,4-8H2,1-3H3. The molecule has 0 aromatic carbocycles. The van der Waals surface area contributed by atoms with Crippen molar-refractivity contribution in [3.05, 3.63) is 0 Å². The van der Waals surface area contributed by atoms with Gasteiger partial charge in [0.25, 0.3) is 0 Å². The predicted molar refractivity (Wildman–Crippen MR) is 72.3 cm³/mol. The van der Waals surface area contributed by atoms with Gasteiger partial charge in [-0.1, -0.05) is 6.92 Å². The van der Waals surface area contributed by atoms with Gasteiger partial charge in [-0.2, -0.15) is 11.8 Å². The SMILES string of the molecule is CC1OC(C)C(C(=O)CC2CCSCC2)C1C. The minimum absolute atomic E-state index is 0.116. The van der Waals surface area contributed by atoms with Gasteiger partial charge < -0.3 is 4.74 Å². The van der Waals surface area contributed by atoms with Crippen LogP contribution in [0.2, 0.25) is 0 Å². The molecule has 0 saturated carbocycles. The lowest BCUT2D eigenvalue weighted by atomic mass is 9.81. The fraction of sp³-hybridized carbons (Fsp3) is 0.929. The second-order valence-electron chi connectivity index (χ2n) is 5.66. The largest absolute Gasteiger partial charge is 0.375 e. The first-order valence-corrected chi connectivity index (χ1v) is 8.01. The minimum atomic E-state index is 0.116. The number of carbonyl (C=O) groups is 1. The lowest BCUT2D eigenvalue weighted by Crippen LogP contribution is -2.29. The van der Waals surface area contributed by atoms with Gasteiger partial charge in [0.05, 0.1) is 12.2 Å². The molecule has 0 amide bonds. The highest BCUT2D eigenvalue weighted by atomic mass is 32.2. The highest BCUT2D eigenvalue weighted by Gasteiger charge is 2.41. The molecule has 0 N–H and O–H groups in total. The van der Waals surface area contributed by atoms with E-state index in [-0.39, 0.29) is 18.1 Å². The average Bonchev–Trinajstić information content (AvgIpc) is 2.54. The smallest absolute Gasteiger partial charge is 0.139 e. The Balaban J connectivity index is 1.90. The molecule has 2 heterocycles. The summed E-state index contributed by atoms with van der Waals surface area (Å²) in [6, 6.07) is 0. The Labute approximate surface area is 109 Å². The van der Waals surface area contributed by atoms with Crippen LogP contribution in [0.25, 0.3) is 0 Å². The lowest BCUT2D eigenvalue weighted by Gasteiger charge is -2.24. The monoisotopic (exact) mass is 256 g/mol. The Morgan fingerprint density at radius 1 is 1.18 bits per heavy atom. The molecule has 2 saturated heterocycles. The van der Waals surface area contributed by atoms with Crippen molar-refractivity contribution in [1.29, 1.82) is 0 Å². The molecule has 4 unspecified atom stereocenters. The second-order valence-corrected chi connectivity index (χ2v) is 6.88. The molecule has 2 fully saturated rings. The van der Waals surface area contributed by atoms with Crippen molar-refractivity contribution in [3.8, 4) is 0 Å². The molecule has 3 heteroatoms. The normalized spacial score (nSPS) is 39.5. The van der Waals surface area contributed by atoms with Gasteiger partial charge >= 0.3 is 0 Å². The summed E-state index contributed by atoms with van der Waals surface area (Å²) in [5, 5.41) is 0. The van der Waals surface area contributed by atoms with Crippen molar-refractivity contribution in [3.63, 3.8) is 0 Å². The van der Waals surface area contributed by atoms with E-state index in [9.17, 15) is 4.79 Å². The van der Waals surface area contributed by atoms with Crippen LogP contribution in [0.5, 0.6) is 0 Å². The molecule has 2 aliphatic rings. The van der Waals surface area contributed by atoms with Gasteiger partial charge in [-0.05, 0) is 50.0 Å². The Bertz CT molecular complexity index is 273. The molecule has 4 atom stereocenters. The highest BCUT2D eigenvalue weighted by Crippen LogP contribution is 2.35. The molecule has 0 bridgehead atoms. The summed E-state index contributed by atoms with van der Waals surface area (Å²) in [4.78, 5) is 12.4. The third-order valence-electron chi connectivity index (χ3n) is 4.44. The zero-order chi connectivity index (χ0) is 12.4. The maximum atomic E-state index is 12.4. The molecule has 2 rings (SSSR count). The number of thioether (sulfide) groups is 1. The number of rotatable bonds is 3. The van der Waals surface area contributed by atoms with Crippen LogP contribution in [-0.2, 0) is 9.53 Å². The number of carbonyl (C=O) groups excluding carboxylic acids is 1. The van der Waals surface area contributed by atoms with Gasteiger partial charge in [-0.25, -0.2) is 0 Å². The van der Waals surface area contributed by atoms with Gasteiger partial charge in [-0.3, -0.25) is 4.79 Å². The van der Waals surface area contributed by atoms with Gasteiger partial charge in [0.1, 0.15) is 5.78 Å². The molecule has 98 valence electrons. The molecule has 0 aliphatic carbocycles. The zero-order valence-corrected chi connectivity index (χ0v) is 12.0. The first-order chi connectivity index (χ1) is 8.09. The van der Waals surface area contributed by atoms with Crippen molar-refractivity contribution in [1.82, 2.24) is 0 Å². The van der Waals surface area contributed by atoms with Crippen molar-refractivity contribution in [2.75, 3.05) is 11.5 Å². The van der Waals surface area contributed by atoms with Crippen molar-refractivity contribution in [2.45, 2.75) is 52.2 Å². The van der Waals surface area contributed by atoms with Crippen LogP contribution < -0.4 is 0 Å². The van der Waals surface area contributed by atoms with Crippen LogP contribution in [0.4, 0.5) is 0 Å². The lowest BCUT2D eigenvalue weighted by molar-refractivity contribution is -0.126.